The Balaban J connectivity index is 1.93. The van der Waals surface area contributed by atoms with Gasteiger partial charge in [0.1, 0.15) is 5.75 Å². The molecule has 21 heavy (non-hydrogen) atoms. The highest BCUT2D eigenvalue weighted by Gasteiger charge is 2.19. The van der Waals surface area contributed by atoms with Crippen LogP contribution in [-0.4, -0.2) is 22.6 Å². The molecule has 2 aromatic rings. The molecule has 0 atom stereocenters. The topological polar surface area (TPSA) is 56.1 Å². The number of phenols is 1. The maximum atomic E-state index is 9.37. The van der Waals surface area contributed by atoms with Crippen molar-refractivity contribution in [3.05, 3.63) is 59.7 Å². The third-order valence-electron chi connectivity index (χ3n) is 3.83. The second-order valence-electron chi connectivity index (χ2n) is 5.26. The highest BCUT2D eigenvalue weighted by Crippen LogP contribution is 2.28. The first-order valence-electron chi connectivity index (χ1n) is 7.11. The predicted octanol–water partition coefficient (Wildman–Crippen LogP) is 3.37. The molecule has 1 aliphatic heterocycles. The summed E-state index contributed by atoms with van der Waals surface area (Å²) in [6.45, 7) is 1.69. The Morgan fingerprint density at radius 1 is 1.05 bits per heavy atom. The number of oxime groups is 1. The predicted molar refractivity (Wildman–Crippen MR) is 83.2 cm³/mol. The molecule has 4 nitrogen and oxygen atoms in total. The van der Waals surface area contributed by atoms with E-state index in [-0.39, 0.29) is 5.75 Å². The van der Waals surface area contributed by atoms with Crippen molar-refractivity contribution in [3.8, 4) is 5.75 Å². The molecule has 1 heterocycles. The van der Waals surface area contributed by atoms with Gasteiger partial charge in [-0.1, -0.05) is 35.5 Å². The van der Waals surface area contributed by atoms with Crippen molar-refractivity contribution < 1.29 is 10.3 Å². The molecule has 108 valence electrons. The summed E-state index contributed by atoms with van der Waals surface area (Å²) >= 11 is 0. The number of hydrogen-bond acceptors (Lipinski definition) is 4. The molecule has 0 bridgehead atoms. The first-order chi connectivity index (χ1) is 10.3. The first kappa shape index (κ1) is 13.5. The maximum absolute atomic E-state index is 9.37. The van der Waals surface area contributed by atoms with Crippen molar-refractivity contribution in [2.45, 2.75) is 19.4 Å². The number of para-hydroxylation sites is 1. The van der Waals surface area contributed by atoms with Gasteiger partial charge in [0, 0.05) is 24.3 Å². The highest BCUT2D eigenvalue weighted by molar-refractivity contribution is 6.05. The van der Waals surface area contributed by atoms with Crippen LogP contribution < -0.4 is 4.90 Å². The van der Waals surface area contributed by atoms with E-state index in [1.54, 1.807) is 12.1 Å². The van der Waals surface area contributed by atoms with Crippen LogP contribution in [0.3, 0.4) is 0 Å². The lowest BCUT2D eigenvalue weighted by Gasteiger charge is -2.24. The molecule has 0 saturated carbocycles. The van der Waals surface area contributed by atoms with Crippen LogP contribution in [0.2, 0.25) is 0 Å². The Morgan fingerprint density at radius 2 is 1.81 bits per heavy atom. The number of nitrogens with zero attached hydrogens (tertiary/aromatic N) is 2. The van der Waals surface area contributed by atoms with Gasteiger partial charge in [-0.25, -0.2) is 0 Å². The number of anilines is 1. The van der Waals surface area contributed by atoms with E-state index in [1.807, 2.05) is 30.3 Å². The number of rotatable bonds is 2. The summed E-state index contributed by atoms with van der Waals surface area (Å²) < 4.78 is 0. The van der Waals surface area contributed by atoms with Crippen LogP contribution in [0.25, 0.3) is 0 Å². The van der Waals surface area contributed by atoms with Crippen LogP contribution in [0.4, 0.5) is 5.69 Å². The van der Waals surface area contributed by atoms with E-state index in [9.17, 15) is 10.3 Å². The summed E-state index contributed by atoms with van der Waals surface area (Å²) in [7, 11) is 0. The Bertz CT molecular complexity index is 650. The van der Waals surface area contributed by atoms with E-state index in [4.69, 9.17) is 0 Å². The van der Waals surface area contributed by atoms with Gasteiger partial charge in [0.2, 0.25) is 0 Å². The van der Waals surface area contributed by atoms with Gasteiger partial charge in [0.05, 0.1) is 5.71 Å². The molecule has 0 spiro atoms. The molecule has 0 fully saturated rings. The Hall–Kier alpha value is -2.49. The monoisotopic (exact) mass is 282 g/mol. The standard InChI is InChI=1S/C17H18N2O2/c20-14-9-7-13(8-10-14)12-19-11-3-5-16(18-21)15-4-1-2-6-17(15)19/h1-2,4,6-10,20-21H,3,5,11-12H2/b18-16-. The Labute approximate surface area is 124 Å². The fourth-order valence-electron chi connectivity index (χ4n) is 2.78. The molecule has 0 amide bonds. The zero-order valence-corrected chi connectivity index (χ0v) is 11.7. The quantitative estimate of drug-likeness (QED) is 0.656. The maximum Gasteiger partial charge on any atom is 0.115 e. The van der Waals surface area contributed by atoms with Crippen LogP contribution in [0.5, 0.6) is 5.75 Å². The summed E-state index contributed by atoms with van der Waals surface area (Å²) in [5.74, 6) is 0.282. The molecule has 2 N–H and O–H groups in total. The van der Waals surface area contributed by atoms with Crippen LogP contribution in [-0.2, 0) is 6.54 Å². The zero-order valence-electron chi connectivity index (χ0n) is 11.7. The second kappa shape index (κ2) is 5.87. The van der Waals surface area contributed by atoms with E-state index >= 15 is 0 Å². The number of hydrogen-bond donors (Lipinski definition) is 2. The van der Waals surface area contributed by atoms with Gasteiger partial charge < -0.3 is 15.2 Å². The van der Waals surface area contributed by atoms with E-state index in [0.717, 1.165) is 48.5 Å². The minimum absolute atomic E-state index is 0.282. The van der Waals surface area contributed by atoms with E-state index in [1.165, 1.54) is 0 Å². The lowest BCUT2D eigenvalue weighted by Crippen LogP contribution is -2.23. The minimum Gasteiger partial charge on any atom is -0.508 e. The van der Waals surface area contributed by atoms with Crippen LogP contribution in [0.1, 0.15) is 24.0 Å². The average Bonchev–Trinajstić information content (AvgIpc) is 2.69. The zero-order chi connectivity index (χ0) is 14.7. The van der Waals surface area contributed by atoms with Gasteiger partial charge >= 0.3 is 0 Å². The first-order valence-corrected chi connectivity index (χ1v) is 7.11. The molecule has 2 aromatic carbocycles. The molecule has 1 aliphatic rings. The smallest absolute Gasteiger partial charge is 0.115 e. The highest BCUT2D eigenvalue weighted by atomic mass is 16.4. The normalized spacial score (nSPS) is 16.6. The van der Waals surface area contributed by atoms with Crippen molar-refractivity contribution in [1.29, 1.82) is 0 Å². The average molecular weight is 282 g/mol. The van der Waals surface area contributed by atoms with Crippen molar-refractivity contribution in [2.75, 3.05) is 11.4 Å². The summed E-state index contributed by atoms with van der Waals surface area (Å²) in [5.41, 5.74) is 3.98. The minimum atomic E-state index is 0.282. The van der Waals surface area contributed by atoms with Gasteiger partial charge in [0.25, 0.3) is 0 Å². The molecule has 0 unspecified atom stereocenters. The van der Waals surface area contributed by atoms with E-state index in [0.29, 0.717) is 0 Å². The number of benzene rings is 2. The van der Waals surface area contributed by atoms with Crippen molar-refractivity contribution in [2.24, 2.45) is 5.16 Å². The van der Waals surface area contributed by atoms with Gasteiger partial charge in [-0.05, 0) is 36.6 Å². The van der Waals surface area contributed by atoms with Gasteiger partial charge in [-0.15, -0.1) is 0 Å². The van der Waals surface area contributed by atoms with Crippen LogP contribution in [0, 0.1) is 0 Å². The Morgan fingerprint density at radius 3 is 2.57 bits per heavy atom. The SMILES string of the molecule is O/N=C1/CCCN(Cc2ccc(O)cc2)c2ccccc21. The molecule has 4 heteroatoms. The largest absolute Gasteiger partial charge is 0.508 e. The van der Waals surface area contributed by atoms with Crippen molar-refractivity contribution in [3.63, 3.8) is 0 Å². The summed E-state index contributed by atoms with van der Waals surface area (Å²) in [6.07, 6.45) is 1.73. The third kappa shape index (κ3) is 2.84. The summed E-state index contributed by atoms with van der Waals surface area (Å²) in [5, 5.41) is 22.0. The number of phenolic OH excluding ortho intramolecular Hbond substituents is 1. The lowest BCUT2D eigenvalue weighted by molar-refractivity contribution is 0.318. The van der Waals surface area contributed by atoms with Crippen molar-refractivity contribution >= 4 is 11.4 Å². The fourth-order valence-corrected chi connectivity index (χ4v) is 2.78. The molecule has 0 radical (unpaired) electrons. The van der Waals surface area contributed by atoms with E-state index in [2.05, 4.69) is 16.1 Å². The number of fused-ring (bicyclic) bond motifs is 1. The van der Waals surface area contributed by atoms with Gasteiger partial charge in [0.15, 0.2) is 0 Å². The van der Waals surface area contributed by atoms with Crippen LogP contribution >= 0.6 is 0 Å². The second-order valence-corrected chi connectivity index (χ2v) is 5.26. The van der Waals surface area contributed by atoms with E-state index < -0.39 is 0 Å². The third-order valence-corrected chi connectivity index (χ3v) is 3.83. The van der Waals surface area contributed by atoms with Gasteiger partial charge in [-0.2, -0.15) is 0 Å². The fraction of sp³-hybridized carbons (Fsp3) is 0.235. The lowest BCUT2D eigenvalue weighted by atomic mass is 10.1. The molecular weight excluding hydrogens is 264 g/mol. The Kier molecular flexibility index (Phi) is 3.77. The number of aromatic hydroxyl groups is 1. The van der Waals surface area contributed by atoms with Crippen molar-refractivity contribution in [1.82, 2.24) is 0 Å². The van der Waals surface area contributed by atoms with Crippen LogP contribution in [0.15, 0.2) is 53.7 Å². The van der Waals surface area contributed by atoms with Gasteiger partial charge in [-0.3, -0.25) is 0 Å². The molecule has 0 aliphatic carbocycles. The molecule has 3 rings (SSSR count). The summed E-state index contributed by atoms with van der Waals surface area (Å²) in [6, 6.07) is 15.3. The molecule has 0 saturated heterocycles. The summed E-state index contributed by atoms with van der Waals surface area (Å²) in [4.78, 5) is 2.29. The molecular formula is C17H18N2O2. The molecule has 0 aromatic heterocycles.